The first-order chi connectivity index (χ1) is 12.0. The minimum absolute atomic E-state index is 0.329. The zero-order valence-corrected chi connectivity index (χ0v) is 15.6. The number of piperidine rings is 1. The Kier molecular flexibility index (Phi) is 5.71. The van der Waals surface area contributed by atoms with Gasteiger partial charge in [-0.15, -0.1) is 0 Å². The first-order valence-corrected chi connectivity index (χ1v) is 9.15. The van der Waals surface area contributed by atoms with Crippen LogP contribution >= 0.6 is 23.2 Å². The molecule has 0 radical (unpaired) electrons. The van der Waals surface area contributed by atoms with Gasteiger partial charge in [-0.3, -0.25) is 0 Å². The molecule has 2 N–H and O–H groups in total. The second kappa shape index (κ2) is 7.98. The number of hydrogen-bond donors (Lipinski definition) is 2. The molecule has 6 heteroatoms. The Hall–Kier alpha value is -1.91. The van der Waals surface area contributed by atoms with Gasteiger partial charge in [-0.2, -0.15) is 0 Å². The van der Waals surface area contributed by atoms with Crippen LogP contribution in [0.15, 0.2) is 42.5 Å². The smallest absolute Gasteiger partial charge is 0.323 e. The first kappa shape index (κ1) is 17.9. The summed E-state index contributed by atoms with van der Waals surface area (Å²) in [6.45, 7) is 4.39. The molecule has 0 atom stereocenters. The molecule has 0 aliphatic carbocycles. The van der Waals surface area contributed by atoms with Crippen molar-refractivity contribution in [2.45, 2.75) is 19.8 Å². The van der Waals surface area contributed by atoms with Crippen LogP contribution in [-0.4, -0.2) is 19.1 Å². The zero-order chi connectivity index (χ0) is 17.8. The molecule has 0 bridgehead atoms. The van der Waals surface area contributed by atoms with Crippen molar-refractivity contribution in [1.82, 2.24) is 0 Å². The van der Waals surface area contributed by atoms with Gasteiger partial charge in [-0.05, 0) is 49.1 Å². The number of carbonyl (C=O) groups excluding carboxylic acids is 1. The molecule has 2 aromatic carbocycles. The lowest BCUT2D eigenvalue weighted by molar-refractivity contribution is 0.262. The van der Waals surface area contributed by atoms with E-state index in [1.165, 1.54) is 12.8 Å². The standard InChI is InChI=1S/C19H21Cl2N3O/c1-13-8-10-24(11-9-13)15-5-2-4-14(12-15)22-19(25)23-17-7-3-6-16(20)18(17)21/h2-7,12-13H,8-11H2,1H3,(H2,22,23,25). The number of halogens is 2. The van der Waals surface area contributed by atoms with E-state index in [2.05, 4.69) is 28.5 Å². The molecule has 3 rings (SSSR count). The minimum atomic E-state index is -0.353. The van der Waals surface area contributed by atoms with E-state index in [9.17, 15) is 4.79 Å². The van der Waals surface area contributed by atoms with Crippen LogP contribution in [-0.2, 0) is 0 Å². The molecule has 2 aromatic rings. The Labute approximate surface area is 158 Å². The van der Waals surface area contributed by atoms with E-state index in [4.69, 9.17) is 23.2 Å². The molecule has 4 nitrogen and oxygen atoms in total. The second-order valence-electron chi connectivity index (χ2n) is 6.40. The van der Waals surface area contributed by atoms with E-state index in [0.29, 0.717) is 15.7 Å². The van der Waals surface area contributed by atoms with Crippen molar-refractivity contribution in [2.24, 2.45) is 5.92 Å². The molecule has 132 valence electrons. The van der Waals surface area contributed by atoms with E-state index in [1.807, 2.05) is 18.2 Å². The first-order valence-electron chi connectivity index (χ1n) is 8.40. The van der Waals surface area contributed by atoms with Crippen LogP contribution in [0.3, 0.4) is 0 Å². The van der Waals surface area contributed by atoms with Crippen LogP contribution in [0.1, 0.15) is 19.8 Å². The Morgan fingerprint density at radius 3 is 2.56 bits per heavy atom. The topological polar surface area (TPSA) is 44.4 Å². The number of amides is 2. The van der Waals surface area contributed by atoms with Gasteiger partial charge in [0.05, 0.1) is 15.7 Å². The van der Waals surface area contributed by atoms with E-state index in [-0.39, 0.29) is 6.03 Å². The molecular weight excluding hydrogens is 357 g/mol. The molecule has 1 saturated heterocycles. The SMILES string of the molecule is CC1CCN(c2cccc(NC(=O)Nc3cccc(Cl)c3Cl)c2)CC1. The Bertz CT molecular complexity index is 758. The van der Waals surface area contributed by atoms with E-state index in [0.717, 1.165) is 30.4 Å². The lowest BCUT2D eigenvalue weighted by Crippen LogP contribution is -2.32. The molecule has 0 aromatic heterocycles. The van der Waals surface area contributed by atoms with Crippen molar-refractivity contribution in [3.63, 3.8) is 0 Å². The third-order valence-corrected chi connectivity index (χ3v) is 5.27. The summed E-state index contributed by atoms with van der Waals surface area (Å²) in [5.74, 6) is 0.783. The van der Waals surface area contributed by atoms with Crippen molar-refractivity contribution in [3.8, 4) is 0 Å². The fourth-order valence-corrected chi connectivity index (χ4v) is 3.28. The molecule has 25 heavy (non-hydrogen) atoms. The van der Waals surface area contributed by atoms with Gasteiger partial charge in [0.1, 0.15) is 0 Å². The number of rotatable bonds is 3. The van der Waals surface area contributed by atoms with Gasteiger partial charge < -0.3 is 15.5 Å². The summed E-state index contributed by atoms with van der Waals surface area (Å²) >= 11 is 12.1. The highest BCUT2D eigenvalue weighted by molar-refractivity contribution is 6.44. The zero-order valence-electron chi connectivity index (χ0n) is 14.1. The Morgan fingerprint density at radius 1 is 1.08 bits per heavy atom. The van der Waals surface area contributed by atoms with Gasteiger partial charge in [-0.25, -0.2) is 4.79 Å². The highest BCUT2D eigenvalue weighted by Crippen LogP contribution is 2.30. The van der Waals surface area contributed by atoms with E-state index in [1.54, 1.807) is 18.2 Å². The predicted molar refractivity (Wildman–Crippen MR) is 106 cm³/mol. The maximum Gasteiger partial charge on any atom is 0.323 e. The number of hydrogen-bond acceptors (Lipinski definition) is 2. The predicted octanol–water partition coefficient (Wildman–Crippen LogP) is 5.87. The van der Waals surface area contributed by atoms with Crippen LogP contribution in [0.4, 0.5) is 21.9 Å². The number of nitrogens with one attached hydrogen (secondary N) is 2. The monoisotopic (exact) mass is 377 g/mol. The van der Waals surface area contributed by atoms with Gasteiger partial charge in [0.2, 0.25) is 0 Å². The largest absolute Gasteiger partial charge is 0.371 e. The highest BCUT2D eigenvalue weighted by Gasteiger charge is 2.16. The number of nitrogens with zero attached hydrogens (tertiary/aromatic N) is 1. The van der Waals surface area contributed by atoms with Gasteiger partial charge in [-0.1, -0.05) is 42.3 Å². The molecule has 0 spiro atoms. The number of anilines is 3. The second-order valence-corrected chi connectivity index (χ2v) is 7.19. The molecule has 1 fully saturated rings. The summed E-state index contributed by atoms with van der Waals surface area (Å²) < 4.78 is 0. The van der Waals surface area contributed by atoms with Crippen molar-refractivity contribution >= 4 is 46.3 Å². The minimum Gasteiger partial charge on any atom is -0.371 e. The normalized spacial score (nSPS) is 15.1. The van der Waals surface area contributed by atoms with Crippen LogP contribution in [0, 0.1) is 5.92 Å². The summed E-state index contributed by atoms with van der Waals surface area (Å²) in [6.07, 6.45) is 2.40. The Balaban J connectivity index is 1.65. The summed E-state index contributed by atoms with van der Waals surface area (Å²) in [5, 5.41) is 6.30. The molecule has 2 amide bonds. The van der Waals surface area contributed by atoms with Crippen LogP contribution in [0.25, 0.3) is 0 Å². The van der Waals surface area contributed by atoms with Crippen LogP contribution in [0.2, 0.25) is 10.0 Å². The van der Waals surface area contributed by atoms with Gasteiger partial charge >= 0.3 is 6.03 Å². The average molecular weight is 378 g/mol. The van der Waals surface area contributed by atoms with E-state index < -0.39 is 0 Å². The summed E-state index contributed by atoms with van der Waals surface area (Å²) in [7, 11) is 0. The molecule has 0 unspecified atom stereocenters. The van der Waals surface area contributed by atoms with Crippen molar-refractivity contribution in [3.05, 3.63) is 52.5 Å². The fraction of sp³-hybridized carbons (Fsp3) is 0.316. The lowest BCUT2D eigenvalue weighted by atomic mass is 9.99. The average Bonchev–Trinajstić information content (AvgIpc) is 2.60. The third-order valence-electron chi connectivity index (χ3n) is 4.45. The van der Waals surface area contributed by atoms with Crippen molar-refractivity contribution in [1.29, 1.82) is 0 Å². The fourth-order valence-electron chi connectivity index (χ4n) is 2.93. The van der Waals surface area contributed by atoms with Gasteiger partial charge in [0.25, 0.3) is 0 Å². The maximum absolute atomic E-state index is 12.2. The summed E-state index contributed by atoms with van der Waals surface area (Å²) in [5.41, 5.74) is 2.35. The summed E-state index contributed by atoms with van der Waals surface area (Å²) in [6, 6.07) is 12.7. The Morgan fingerprint density at radius 2 is 1.80 bits per heavy atom. The number of carbonyl (C=O) groups is 1. The van der Waals surface area contributed by atoms with Gasteiger partial charge in [0.15, 0.2) is 0 Å². The quantitative estimate of drug-likeness (QED) is 0.701. The molecule has 1 aliphatic heterocycles. The molecule has 1 heterocycles. The molecule has 1 aliphatic rings. The number of benzene rings is 2. The van der Waals surface area contributed by atoms with Gasteiger partial charge in [0, 0.05) is 24.5 Å². The van der Waals surface area contributed by atoms with Crippen molar-refractivity contribution < 1.29 is 4.79 Å². The highest BCUT2D eigenvalue weighted by atomic mass is 35.5. The number of urea groups is 1. The van der Waals surface area contributed by atoms with Crippen LogP contribution in [0.5, 0.6) is 0 Å². The lowest BCUT2D eigenvalue weighted by Gasteiger charge is -2.32. The summed E-state index contributed by atoms with van der Waals surface area (Å²) in [4.78, 5) is 14.6. The maximum atomic E-state index is 12.2. The third kappa shape index (κ3) is 4.59. The van der Waals surface area contributed by atoms with Crippen molar-refractivity contribution in [2.75, 3.05) is 28.6 Å². The molecular formula is C19H21Cl2N3O. The van der Waals surface area contributed by atoms with Crippen LogP contribution < -0.4 is 15.5 Å². The van der Waals surface area contributed by atoms with E-state index >= 15 is 0 Å². The molecule has 0 saturated carbocycles.